The number of halogens is 1. The zero-order valence-electron chi connectivity index (χ0n) is 9.93. The second-order valence-electron chi connectivity index (χ2n) is 4.07. The Balaban J connectivity index is 2.05. The van der Waals surface area contributed by atoms with Crippen LogP contribution in [0.4, 0.5) is 5.82 Å². The molecule has 2 heterocycles. The summed E-state index contributed by atoms with van der Waals surface area (Å²) in [5.41, 5.74) is 1.01. The predicted octanol–water partition coefficient (Wildman–Crippen LogP) is 2.80. The zero-order valence-corrected chi connectivity index (χ0v) is 10.7. The molecule has 2 rings (SSSR count). The van der Waals surface area contributed by atoms with E-state index in [1.54, 1.807) is 12.4 Å². The Hall–Kier alpha value is -1.29. The largest absolute Gasteiger partial charge is 0.368 e. The summed E-state index contributed by atoms with van der Waals surface area (Å²) in [6.45, 7) is 3.09. The number of nitrogens with zero attached hydrogens (tertiary/aromatic N) is 3. The summed E-state index contributed by atoms with van der Waals surface area (Å²) in [7, 11) is 0. The molecule has 0 saturated carbocycles. The van der Waals surface area contributed by atoms with Crippen molar-refractivity contribution in [1.29, 1.82) is 0 Å². The molecule has 2 aromatic heterocycles. The number of hydrogen-bond donors (Lipinski definition) is 1. The number of nitrogens with one attached hydrogen (secondary N) is 1. The highest BCUT2D eigenvalue weighted by Gasteiger charge is 2.07. The Labute approximate surface area is 106 Å². The van der Waals surface area contributed by atoms with Crippen LogP contribution in [0.25, 0.3) is 5.52 Å². The van der Waals surface area contributed by atoms with E-state index < -0.39 is 0 Å². The third-order valence-electron chi connectivity index (χ3n) is 2.98. The van der Waals surface area contributed by atoms with Crippen LogP contribution >= 0.6 is 11.6 Å². The van der Waals surface area contributed by atoms with Crippen LogP contribution in [-0.4, -0.2) is 27.0 Å². The number of alkyl halides is 1. The van der Waals surface area contributed by atoms with Gasteiger partial charge in [-0.15, -0.1) is 11.6 Å². The van der Waals surface area contributed by atoms with Crippen molar-refractivity contribution >= 4 is 22.9 Å². The summed E-state index contributed by atoms with van der Waals surface area (Å²) in [5, 5.41) is 7.56. The van der Waals surface area contributed by atoms with Crippen molar-refractivity contribution in [3.05, 3.63) is 24.7 Å². The molecule has 1 N–H and O–H groups in total. The number of aromatic nitrogens is 3. The van der Waals surface area contributed by atoms with Gasteiger partial charge in [-0.2, -0.15) is 5.10 Å². The van der Waals surface area contributed by atoms with Crippen molar-refractivity contribution in [2.24, 2.45) is 5.92 Å². The minimum atomic E-state index is 0.595. The molecule has 5 heteroatoms. The maximum absolute atomic E-state index is 5.78. The summed E-state index contributed by atoms with van der Waals surface area (Å²) >= 11 is 5.78. The van der Waals surface area contributed by atoms with Gasteiger partial charge in [0.25, 0.3) is 0 Å². The minimum absolute atomic E-state index is 0.595. The van der Waals surface area contributed by atoms with Crippen LogP contribution in [0.3, 0.4) is 0 Å². The van der Waals surface area contributed by atoms with E-state index in [4.69, 9.17) is 11.6 Å². The first-order chi connectivity index (χ1) is 8.35. The molecule has 1 unspecified atom stereocenters. The molecule has 0 bridgehead atoms. The standard InChI is InChI=1S/C12H17ClN4/c1-2-10(3-5-13)9-15-12-11-4-6-16-17(11)8-7-14-12/h4,6-8,10H,2-3,5,9H2,1H3,(H,14,15). The van der Waals surface area contributed by atoms with E-state index in [0.29, 0.717) is 11.8 Å². The first-order valence-corrected chi connectivity index (χ1v) is 6.46. The Morgan fingerprint density at radius 1 is 1.47 bits per heavy atom. The second-order valence-corrected chi connectivity index (χ2v) is 4.45. The number of hydrogen-bond acceptors (Lipinski definition) is 3. The SMILES string of the molecule is CCC(CCCl)CNc1nccn2nccc12. The van der Waals surface area contributed by atoms with Crippen LogP contribution in [0, 0.1) is 5.92 Å². The van der Waals surface area contributed by atoms with E-state index >= 15 is 0 Å². The highest BCUT2D eigenvalue weighted by atomic mass is 35.5. The lowest BCUT2D eigenvalue weighted by atomic mass is 10.0. The molecule has 4 nitrogen and oxygen atoms in total. The smallest absolute Gasteiger partial charge is 0.152 e. The molecule has 0 aliphatic carbocycles. The van der Waals surface area contributed by atoms with Crippen LogP contribution in [0.5, 0.6) is 0 Å². The van der Waals surface area contributed by atoms with Gasteiger partial charge in [-0.1, -0.05) is 13.3 Å². The van der Waals surface area contributed by atoms with Gasteiger partial charge in [0.1, 0.15) is 5.52 Å². The molecule has 0 fully saturated rings. The van der Waals surface area contributed by atoms with Gasteiger partial charge in [-0.3, -0.25) is 0 Å². The van der Waals surface area contributed by atoms with Crippen LogP contribution < -0.4 is 5.32 Å². The molecule has 0 spiro atoms. The van der Waals surface area contributed by atoms with Gasteiger partial charge in [0.05, 0.1) is 6.20 Å². The number of anilines is 1. The molecule has 0 aliphatic heterocycles. The average Bonchev–Trinajstić information content (AvgIpc) is 2.83. The van der Waals surface area contributed by atoms with Crippen LogP contribution in [-0.2, 0) is 0 Å². The van der Waals surface area contributed by atoms with Crippen molar-refractivity contribution in [2.75, 3.05) is 17.7 Å². The molecule has 17 heavy (non-hydrogen) atoms. The summed E-state index contributed by atoms with van der Waals surface area (Å²) < 4.78 is 1.82. The van der Waals surface area contributed by atoms with Gasteiger partial charge in [-0.25, -0.2) is 9.50 Å². The average molecular weight is 253 g/mol. The van der Waals surface area contributed by atoms with E-state index in [1.807, 2.05) is 16.8 Å². The van der Waals surface area contributed by atoms with Crippen molar-refractivity contribution in [3.8, 4) is 0 Å². The number of rotatable bonds is 6. The van der Waals surface area contributed by atoms with E-state index in [2.05, 4.69) is 22.3 Å². The molecule has 2 aromatic rings. The van der Waals surface area contributed by atoms with Crippen LogP contribution in [0.2, 0.25) is 0 Å². The topological polar surface area (TPSA) is 42.2 Å². The van der Waals surface area contributed by atoms with Gasteiger partial charge in [-0.05, 0) is 18.4 Å². The quantitative estimate of drug-likeness (QED) is 0.804. The van der Waals surface area contributed by atoms with Crippen molar-refractivity contribution in [2.45, 2.75) is 19.8 Å². The van der Waals surface area contributed by atoms with Crippen LogP contribution in [0.15, 0.2) is 24.7 Å². The first kappa shape index (κ1) is 12.2. The molecule has 1 atom stereocenters. The fourth-order valence-electron chi connectivity index (χ4n) is 1.84. The Bertz CT molecular complexity index is 468. The van der Waals surface area contributed by atoms with Crippen molar-refractivity contribution < 1.29 is 0 Å². The first-order valence-electron chi connectivity index (χ1n) is 5.93. The second kappa shape index (κ2) is 5.87. The van der Waals surface area contributed by atoms with Gasteiger partial charge in [0, 0.05) is 24.8 Å². The predicted molar refractivity (Wildman–Crippen MR) is 70.6 cm³/mol. The Morgan fingerprint density at radius 3 is 3.12 bits per heavy atom. The highest BCUT2D eigenvalue weighted by Crippen LogP contribution is 2.15. The van der Waals surface area contributed by atoms with Gasteiger partial charge in [0.2, 0.25) is 0 Å². The highest BCUT2D eigenvalue weighted by molar-refractivity contribution is 6.17. The van der Waals surface area contributed by atoms with Crippen LogP contribution in [0.1, 0.15) is 19.8 Å². The summed E-state index contributed by atoms with van der Waals surface area (Å²) in [5.74, 6) is 2.19. The molecule has 0 amide bonds. The normalized spacial score (nSPS) is 12.8. The lowest BCUT2D eigenvalue weighted by molar-refractivity contribution is 0.521. The van der Waals surface area contributed by atoms with E-state index in [1.165, 1.54) is 0 Å². The maximum Gasteiger partial charge on any atom is 0.152 e. The van der Waals surface area contributed by atoms with Crippen molar-refractivity contribution in [3.63, 3.8) is 0 Å². The van der Waals surface area contributed by atoms with Crippen molar-refractivity contribution in [1.82, 2.24) is 14.6 Å². The minimum Gasteiger partial charge on any atom is -0.368 e. The molecule has 0 aliphatic rings. The maximum atomic E-state index is 5.78. The van der Waals surface area contributed by atoms with Gasteiger partial charge >= 0.3 is 0 Å². The fraction of sp³-hybridized carbons (Fsp3) is 0.500. The molecule has 0 aromatic carbocycles. The zero-order chi connectivity index (χ0) is 12.1. The van der Waals surface area contributed by atoms with Gasteiger partial charge in [0.15, 0.2) is 5.82 Å². The molecule has 92 valence electrons. The Kier molecular flexibility index (Phi) is 4.20. The monoisotopic (exact) mass is 252 g/mol. The summed E-state index contributed by atoms with van der Waals surface area (Å²) in [6.07, 6.45) is 7.54. The molecule has 0 saturated heterocycles. The molecular weight excluding hydrogens is 236 g/mol. The van der Waals surface area contributed by atoms with Gasteiger partial charge < -0.3 is 5.32 Å². The fourth-order valence-corrected chi connectivity index (χ4v) is 2.15. The van der Waals surface area contributed by atoms with E-state index in [0.717, 1.165) is 30.7 Å². The van der Waals surface area contributed by atoms with E-state index in [-0.39, 0.29) is 0 Å². The number of fused-ring (bicyclic) bond motifs is 1. The van der Waals surface area contributed by atoms with E-state index in [9.17, 15) is 0 Å². The summed E-state index contributed by atoms with van der Waals surface area (Å²) in [4.78, 5) is 4.34. The third kappa shape index (κ3) is 2.88. The Morgan fingerprint density at radius 2 is 2.35 bits per heavy atom. The lowest BCUT2D eigenvalue weighted by Gasteiger charge is -2.14. The third-order valence-corrected chi connectivity index (χ3v) is 3.20. The summed E-state index contributed by atoms with van der Waals surface area (Å²) in [6, 6.07) is 1.96. The lowest BCUT2D eigenvalue weighted by Crippen LogP contribution is -2.15. The molecular formula is C12H17ClN4. The molecule has 0 radical (unpaired) electrons.